The Morgan fingerprint density at radius 1 is 1.37 bits per heavy atom. The summed E-state index contributed by atoms with van der Waals surface area (Å²) in [5.74, 6) is 2.02. The maximum absolute atomic E-state index is 12.2. The first kappa shape index (κ1) is 14.4. The van der Waals surface area contributed by atoms with E-state index in [2.05, 4.69) is 5.32 Å². The fourth-order valence-electron chi connectivity index (χ4n) is 2.88. The molecule has 1 aromatic rings. The first-order valence-electron chi connectivity index (χ1n) is 6.97. The molecule has 0 unspecified atom stereocenters. The first-order chi connectivity index (χ1) is 9.06. The van der Waals surface area contributed by atoms with E-state index in [0.29, 0.717) is 23.7 Å². The lowest BCUT2D eigenvalue weighted by Crippen LogP contribution is -2.40. The van der Waals surface area contributed by atoms with Crippen LogP contribution in [-0.4, -0.2) is 18.3 Å². The maximum atomic E-state index is 12.2. The van der Waals surface area contributed by atoms with Crippen LogP contribution >= 0.6 is 11.6 Å². The van der Waals surface area contributed by atoms with Crippen molar-refractivity contribution < 1.29 is 9.21 Å². The third-order valence-electron chi connectivity index (χ3n) is 4.11. The average Bonchev–Trinajstić information content (AvgIpc) is 2.76. The summed E-state index contributed by atoms with van der Waals surface area (Å²) in [7, 11) is 0. The molecule has 1 amide bonds. The molecule has 1 aliphatic rings. The zero-order chi connectivity index (χ0) is 13.9. The normalized spacial score (nSPS) is 18.3. The number of hydrogen-bond acceptors (Lipinski definition) is 2. The standard InChI is InChI=1S/C15H22ClNO2/c1-11-8-13(12(2)19-11)14(18)17-10-15(9-16)6-4-3-5-7-15/h8H,3-7,9-10H2,1-2H3,(H,17,18). The van der Waals surface area contributed by atoms with Crippen LogP contribution < -0.4 is 5.32 Å². The predicted molar refractivity (Wildman–Crippen MR) is 76.8 cm³/mol. The topological polar surface area (TPSA) is 42.2 Å². The number of halogens is 1. The fourth-order valence-corrected chi connectivity index (χ4v) is 3.24. The number of carbonyl (C=O) groups is 1. The molecule has 19 heavy (non-hydrogen) atoms. The second-order valence-electron chi connectivity index (χ2n) is 5.70. The second-order valence-corrected chi connectivity index (χ2v) is 5.97. The van der Waals surface area contributed by atoms with E-state index in [1.807, 2.05) is 13.8 Å². The molecule has 1 aliphatic carbocycles. The highest BCUT2D eigenvalue weighted by molar-refractivity contribution is 6.18. The van der Waals surface area contributed by atoms with Crippen molar-refractivity contribution in [1.29, 1.82) is 0 Å². The van der Waals surface area contributed by atoms with Gasteiger partial charge in [-0.1, -0.05) is 19.3 Å². The number of furan rings is 1. The van der Waals surface area contributed by atoms with Crippen LogP contribution in [0.1, 0.15) is 54.0 Å². The number of nitrogens with one attached hydrogen (secondary N) is 1. The number of rotatable bonds is 4. The zero-order valence-electron chi connectivity index (χ0n) is 11.7. The Bertz CT molecular complexity index is 447. The Hall–Kier alpha value is -0.960. The highest BCUT2D eigenvalue weighted by Crippen LogP contribution is 2.36. The summed E-state index contributed by atoms with van der Waals surface area (Å²) < 4.78 is 5.39. The Kier molecular flexibility index (Phi) is 4.56. The van der Waals surface area contributed by atoms with E-state index >= 15 is 0 Å². The number of carbonyl (C=O) groups excluding carboxylic acids is 1. The Morgan fingerprint density at radius 3 is 2.58 bits per heavy atom. The summed E-state index contributed by atoms with van der Waals surface area (Å²) in [6, 6.07) is 1.79. The quantitative estimate of drug-likeness (QED) is 0.854. The van der Waals surface area contributed by atoms with E-state index in [-0.39, 0.29) is 11.3 Å². The van der Waals surface area contributed by atoms with E-state index in [4.69, 9.17) is 16.0 Å². The Labute approximate surface area is 119 Å². The summed E-state index contributed by atoms with van der Waals surface area (Å²) in [6.45, 7) is 4.34. The Morgan fingerprint density at radius 2 is 2.05 bits per heavy atom. The molecule has 0 radical (unpaired) electrons. The molecule has 1 heterocycles. The van der Waals surface area contributed by atoms with Crippen molar-refractivity contribution in [3.63, 3.8) is 0 Å². The SMILES string of the molecule is Cc1cc(C(=O)NCC2(CCl)CCCCC2)c(C)o1. The molecule has 2 rings (SSSR count). The number of alkyl halides is 1. The molecule has 4 heteroatoms. The van der Waals surface area contributed by atoms with Gasteiger partial charge in [-0.05, 0) is 32.8 Å². The van der Waals surface area contributed by atoms with E-state index in [1.165, 1.54) is 19.3 Å². The second kappa shape index (κ2) is 6.00. The van der Waals surface area contributed by atoms with E-state index in [1.54, 1.807) is 6.07 Å². The molecule has 0 atom stereocenters. The van der Waals surface area contributed by atoms with Crippen LogP contribution in [-0.2, 0) is 0 Å². The largest absolute Gasteiger partial charge is 0.466 e. The molecule has 0 spiro atoms. The van der Waals surface area contributed by atoms with Crippen LogP contribution in [0.5, 0.6) is 0 Å². The van der Waals surface area contributed by atoms with Crippen LogP contribution in [0, 0.1) is 19.3 Å². The molecule has 106 valence electrons. The monoisotopic (exact) mass is 283 g/mol. The van der Waals surface area contributed by atoms with Crippen LogP contribution in [0.4, 0.5) is 0 Å². The molecule has 3 nitrogen and oxygen atoms in total. The van der Waals surface area contributed by atoms with Gasteiger partial charge in [-0.3, -0.25) is 4.79 Å². The summed E-state index contributed by atoms with van der Waals surface area (Å²) >= 11 is 6.13. The summed E-state index contributed by atoms with van der Waals surface area (Å²) in [4.78, 5) is 12.2. The smallest absolute Gasteiger partial charge is 0.254 e. The van der Waals surface area contributed by atoms with Crippen LogP contribution in [0.25, 0.3) is 0 Å². The molecule has 0 saturated heterocycles. The van der Waals surface area contributed by atoms with Gasteiger partial charge in [-0.25, -0.2) is 0 Å². The molecule has 0 aromatic carbocycles. The summed E-state index contributed by atoms with van der Waals surface area (Å²) in [5.41, 5.74) is 0.723. The molecular weight excluding hydrogens is 262 g/mol. The van der Waals surface area contributed by atoms with Gasteiger partial charge in [0.25, 0.3) is 5.91 Å². The van der Waals surface area contributed by atoms with E-state index in [0.717, 1.165) is 18.6 Å². The van der Waals surface area contributed by atoms with Gasteiger partial charge >= 0.3 is 0 Å². The molecule has 1 N–H and O–H groups in total. The van der Waals surface area contributed by atoms with Gasteiger partial charge < -0.3 is 9.73 Å². The Balaban J connectivity index is 1.97. The van der Waals surface area contributed by atoms with Crippen LogP contribution in [0.2, 0.25) is 0 Å². The number of aryl methyl sites for hydroxylation is 2. The third-order valence-corrected chi connectivity index (χ3v) is 4.67. The van der Waals surface area contributed by atoms with Crippen LogP contribution in [0.15, 0.2) is 10.5 Å². The lowest BCUT2D eigenvalue weighted by atomic mass is 9.75. The van der Waals surface area contributed by atoms with Gasteiger partial charge in [0.15, 0.2) is 0 Å². The first-order valence-corrected chi connectivity index (χ1v) is 7.51. The van der Waals surface area contributed by atoms with E-state index in [9.17, 15) is 4.79 Å². The van der Waals surface area contributed by atoms with Gasteiger partial charge in [-0.2, -0.15) is 0 Å². The van der Waals surface area contributed by atoms with Crippen molar-refractivity contribution in [2.75, 3.05) is 12.4 Å². The molecule has 0 aliphatic heterocycles. The fraction of sp³-hybridized carbons (Fsp3) is 0.667. The zero-order valence-corrected chi connectivity index (χ0v) is 12.5. The van der Waals surface area contributed by atoms with Gasteiger partial charge in [0.1, 0.15) is 11.5 Å². The van der Waals surface area contributed by atoms with Crippen molar-refractivity contribution in [2.24, 2.45) is 5.41 Å². The van der Waals surface area contributed by atoms with Gasteiger partial charge in [0, 0.05) is 17.8 Å². The van der Waals surface area contributed by atoms with Gasteiger partial charge in [0.05, 0.1) is 5.56 Å². The lowest BCUT2D eigenvalue weighted by Gasteiger charge is -2.35. The number of hydrogen-bond donors (Lipinski definition) is 1. The van der Waals surface area contributed by atoms with Crippen molar-refractivity contribution in [1.82, 2.24) is 5.32 Å². The van der Waals surface area contributed by atoms with E-state index < -0.39 is 0 Å². The number of amides is 1. The molecule has 1 fully saturated rings. The molecule has 0 bridgehead atoms. The summed E-state index contributed by atoms with van der Waals surface area (Å²) in [5, 5.41) is 3.03. The highest BCUT2D eigenvalue weighted by Gasteiger charge is 2.31. The van der Waals surface area contributed by atoms with Gasteiger partial charge in [-0.15, -0.1) is 11.6 Å². The lowest BCUT2D eigenvalue weighted by molar-refractivity contribution is 0.0919. The minimum absolute atomic E-state index is 0.0515. The molecule has 1 saturated carbocycles. The predicted octanol–water partition coefficient (Wildman–Crippen LogP) is 3.82. The molecular formula is C15H22ClNO2. The van der Waals surface area contributed by atoms with Crippen LogP contribution in [0.3, 0.4) is 0 Å². The van der Waals surface area contributed by atoms with Gasteiger partial charge in [0.2, 0.25) is 0 Å². The molecule has 1 aromatic heterocycles. The average molecular weight is 284 g/mol. The third kappa shape index (κ3) is 3.33. The van der Waals surface area contributed by atoms with Crippen molar-refractivity contribution in [3.05, 3.63) is 23.2 Å². The highest BCUT2D eigenvalue weighted by atomic mass is 35.5. The summed E-state index contributed by atoms with van der Waals surface area (Å²) in [6.07, 6.45) is 5.94. The van der Waals surface area contributed by atoms with Crippen molar-refractivity contribution in [3.8, 4) is 0 Å². The van der Waals surface area contributed by atoms with Crippen molar-refractivity contribution in [2.45, 2.75) is 46.0 Å². The van der Waals surface area contributed by atoms with Crippen molar-refractivity contribution >= 4 is 17.5 Å². The minimum Gasteiger partial charge on any atom is -0.466 e. The minimum atomic E-state index is -0.0515. The maximum Gasteiger partial charge on any atom is 0.254 e.